The van der Waals surface area contributed by atoms with Crippen molar-refractivity contribution in [1.29, 1.82) is 0 Å². The first-order valence-corrected chi connectivity index (χ1v) is 8.56. The lowest BCUT2D eigenvalue weighted by molar-refractivity contribution is -0.129. The van der Waals surface area contributed by atoms with Crippen molar-refractivity contribution >= 4 is 23.2 Å². The Kier molecular flexibility index (Phi) is 5.49. The van der Waals surface area contributed by atoms with Gasteiger partial charge in [0.1, 0.15) is 11.7 Å². The number of rotatable bonds is 6. The zero-order valence-electron chi connectivity index (χ0n) is 15.5. The summed E-state index contributed by atoms with van der Waals surface area (Å²) in [6, 6.07) is 12.3. The van der Waals surface area contributed by atoms with E-state index in [4.69, 9.17) is 14.2 Å². The van der Waals surface area contributed by atoms with E-state index in [0.29, 0.717) is 41.6 Å². The van der Waals surface area contributed by atoms with Crippen molar-refractivity contribution in [3.8, 4) is 17.2 Å². The number of carbonyl (C=O) groups excluding carboxylic acids is 2. The molecule has 0 bridgehead atoms. The second kappa shape index (κ2) is 7.99. The monoisotopic (exact) mass is 370 g/mol. The number of carbonyl (C=O) groups is 2. The summed E-state index contributed by atoms with van der Waals surface area (Å²) in [6.07, 6.45) is 0.440. The normalized spacial score (nSPS) is 16.2. The van der Waals surface area contributed by atoms with Crippen LogP contribution in [0.2, 0.25) is 0 Å². The van der Waals surface area contributed by atoms with E-state index in [1.54, 1.807) is 43.4 Å². The van der Waals surface area contributed by atoms with E-state index in [9.17, 15) is 9.59 Å². The predicted molar refractivity (Wildman–Crippen MR) is 102 cm³/mol. The van der Waals surface area contributed by atoms with Crippen LogP contribution in [0.4, 0.5) is 11.4 Å². The van der Waals surface area contributed by atoms with Crippen LogP contribution >= 0.6 is 0 Å². The molecular formula is C20H22N2O5. The van der Waals surface area contributed by atoms with Crippen LogP contribution < -0.4 is 24.4 Å². The van der Waals surface area contributed by atoms with Crippen LogP contribution in [0.25, 0.3) is 0 Å². The number of hydrogen-bond donors (Lipinski definition) is 1. The van der Waals surface area contributed by atoms with Gasteiger partial charge in [-0.1, -0.05) is 12.1 Å². The third kappa shape index (κ3) is 3.67. The quantitative estimate of drug-likeness (QED) is 0.791. The summed E-state index contributed by atoms with van der Waals surface area (Å²) in [5, 5.41) is 2.79. The van der Waals surface area contributed by atoms with Gasteiger partial charge in [-0.25, -0.2) is 0 Å². The number of nitrogens with one attached hydrogen (secondary N) is 1. The van der Waals surface area contributed by atoms with Gasteiger partial charge in [-0.05, 0) is 30.7 Å². The van der Waals surface area contributed by atoms with Gasteiger partial charge in [0.25, 0.3) is 0 Å². The Balaban J connectivity index is 1.74. The summed E-state index contributed by atoms with van der Waals surface area (Å²) in [5.41, 5.74) is 1.22. The fraction of sp³-hybridized carbons (Fsp3) is 0.300. The van der Waals surface area contributed by atoms with Gasteiger partial charge in [0.15, 0.2) is 11.5 Å². The maximum absolute atomic E-state index is 12.8. The third-order valence-electron chi connectivity index (χ3n) is 4.55. The first-order chi connectivity index (χ1) is 13.1. The summed E-state index contributed by atoms with van der Waals surface area (Å²) in [5.74, 6) is 0.343. The van der Waals surface area contributed by atoms with Crippen molar-refractivity contribution in [1.82, 2.24) is 0 Å². The maximum atomic E-state index is 12.8. The van der Waals surface area contributed by atoms with E-state index in [0.717, 1.165) is 0 Å². The van der Waals surface area contributed by atoms with Gasteiger partial charge in [0, 0.05) is 18.3 Å². The molecule has 0 spiro atoms. The molecule has 0 radical (unpaired) electrons. The lowest BCUT2D eigenvalue weighted by Gasteiger charge is -2.19. The van der Waals surface area contributed by atoms with Crippen LogP contribution in [0.1, 0.15) is 6.42 Å². The predicted octanol–water partition coefficient (Wildman–Crippen LogP) is 2.70. The highest BCUT2D eigenvalue weighted by Crippen LogP contribution is 2.34. The number of anilines is 2. The van der Waals surface area contributed by atoms with E-state index < -0.39 is 5.92 Å². The molecule has 0 aliphatic carbocycles. The lowest BCUT2D eigenvalue weighted by Crippen LogP contribution is -2.33. The van der Waals surface area contributed by atoms with Crippen molar-refractivity contribution in [2.75, 3.05) is 38.1 Å². The van der Waals surface area contributed by atoms with E-state index in [-0.39, 0.29) is 11.8 Å². The molecule has 2 amide bonds. The summed E-state index contributed by atoms with van der Waals surface area (Å²) < 4.78 is 15.8. The Hall–Kier alpha value is -3.22. The molecular weight excluding hydrogens is 348 g/mol. The van der Waals surface area contributed by atoms with Crippen LogP contribution in [0.5, 0.6) is 17.2 Å². The average Bonchev–Trinajstić information content (AvgIpc) is 3.09. The topological polar surface area (TPSA) is 77.1 Å². The van der Waals surface area contributed by atoms with Gasteiger partial charge in [-0.2, -0.15) is 0 Å². The highest BCUT2D eigenvalue weighted by atomic mass is 16.5. The Labute approximate surface area is 157 Å². The molecule has 2 aromatic rings. The number of benzene rings is 2. The molecule has 1 N–H and O–H groups in total. The molecule has 1 fully saturated rings. The fourth-order valence-electron chi connectivity index (χ4n) is 3.16. The molecule has 7 heteroatoms. The van der Waals surface area contributed by atoms with E-state index in [1.807, 2.05) is 18.2 Å². The van der Waals surface area contributed by atoms with Crippen molar-refractivity contribution < 1.29 is 23.8 Å². The Bertz CT molecular complexity index is 852. The number of ether oxygens (including phenoxy) is 3. The van der Waals surface area contributed by atoms with Crippen molar-refractivity contribution in [2.24, 2.45) is 5.92 Å². The van der Waals surface area contributed by atoms with Crippen LogP contribution in [-0.2, 0) is 9.59 Å². The molecule has 1 unspecified atom stereocenters. The highest BCUT2D eigenvalue weighted by Gasteiger charge is 2.38. The average molecular weight is 370 g/mol. The third-order valence-corrected chi connectivity index (χ3v) is 4.55. The summed E-state index contributed by atoms with van der Waals surface area (Å²) in [7, 11) is 4.62. The smallest absolute Gasteiger partial charge is 0.239 e. The molecule has 1 aliphatic heterocycles. The van der Waals surface area contributed by atoms with Crippen molar-refractivity contribution in [3.63, 3.8) is 0 Å². The minimum absolute atomic E-state index is 0.238. The molecule has 2 aromatic carbocycles. The summed E-state index contributed by atoms with van der Waals surface area (Å²) in [6.45, 7) is 0.462. The Morgan fingerprint density at radius 2 is 1.70 bits per heavy atom. The van der Waals surface area contributed by atoms with Crippen molar-refractivity contribution in [2.45, 2.75) is 6.42 Å². The molecule has 7 nitrogen and oxygen atoms in total. The SMILES string of the molecule is COc1ccc(NC(=O)C2CCN(c3ccccc3OC)C2=O)cc1OC. The van der Waals surface area contributed by atoms with Crippen molar-refractivity contribution in [3.05, 3.63) is 42.5 Å². The maximum Gasteiger partial charge on any atom is 0.239 e. The van der Waals surface area contributed by atoms with E-state index >= 15 is 0 Å². The fourth-order valence-corrected chi connectivity index (χ4v) is 3.16. The Morgan fingerprint density at radius 1 is 1.00 bits per heavy atom. The second-order valence-electron chi connectivity index (χ2n) is 6.06. The highest BCUT2D eigenvalue weighted by molar-refractivity contribution is 6.13. The number of methoxy groups -OCH3 is 3. The van der Waals surface area contributed by atoms with Crippen LogP contribution in [-0.4, -0.2) is 39.7 Å². The number of amides is 2. The molecule has 0 saturated carbocycles. The van der Waals surface area contributed by atoms with E-state index in [2.05, 4.69) is 5.32 Å². The minimum atomic E-state index is -0.747. The Morgan fingerprint density at radius 3 is 2.41 bits per heavy atom. The molecule has 1 atom stereocenters. The van der Waals surface area contributed by atoms with Gasteiger partial charge in [-0.3, -0.25) is 9.59 Å². The zero-order valence-corrected chi connectivity index (χ0v) is 15.5. The van der Waals surface area contributed by atoms with Gasteiger partial charge >= 0.3 is 0 Å². The van der Waals surface area contributed by atoms with E-state index in [1.165, 1.54) is 7.11 Å². The number of hydrogen-bond acceptors (Lipinski definition) is 5. The molecule has 1 saturated heterocycles. The summed E-state index contributed by atoms with van der Waals surface area (Å²) in [4.78, 5) is 27.0. The number of para-hydroxylation sites is 2. The van der Waals surface area contributed by atoms with Crippen LogP contribution in [0, 0.1) is 5.92 Å². The first kappa shape index (κ1) is 18.6. The van der Waals surface area contributed by atoms with Crippen LogP contribution in [0.15, 0.2) is 42.5 Å². The molecule has 142 valence electrons. The second-order valence-corrected chi connectivity index (χ2v) is 6.06. The minimum Gasteiger partial charge on any atom is -0.495 e. The first-order valence-electron chi connectivity index (χ1n) is 8.56. The molecule has 1 heterocycles. The largest absolute Gasteiger partial charge is 0.495 e. The lowest BCUT2D eigenvalue weighted by atomic mass is 10.1. The molecule has 0 aromatic heterocycles. The van der Waals surface area contributed by atoms with Crippen LogP contribution in [0.3, 0.4) is 0 Å². The van der Waals surface area contributed by atoms with Gasteiger partial charge in [-0.15, -0.1) is 0 Å². The molecule has 1 aliphatic rings. The molecule has 3 rings (SSSR count). The summed E-state index contributed by atoms with van der Waals surface area (Å²) >= 11 is 0. The van der Waals surface area contributed by atoms with Gasteiger partial charge in [0.05, 0.1) is 27.0 Å². The zero-order chi connectivity index (χ0) is 19.4. The molecule has 27 heavy (non-hydrogen) atoms. The standard InChI is InChI=1S/C20H22N2O5/c1-25-16-7-5-4-6-15(16)22-11-10-14(20(22)24)19(23)21-13-8-9-17(26-2)18(12-13)27-3/h4-9,12,14H,10-11H2,1-3H3,(H,21,23). The number of nitrogens with zero attached hydrogens (tertiary/aromatic N) is 1. The van der Waals surface area contributed by atoms with Gasteiger partial charge < -0.3 is 24.4 Å². The van der Waals surface area contributed by atoms with Gasteiger partial charge in [0.2, 0.25) is 11.8 Å².